The van der Waals surface area contributed by atoms with Crippen LogP contribution in [0.25, 0.3) is 10.9 Å². The van der Waals surface area contributed by atoms with Gasteiger partial charge in [-0.2, -0.15) is 0 Å². The summed E-state index contributed by atoms with van der Waals surface area (Å²) in [5.74, 6) is 0.890. The molecule has 1 fully saturated rings. The van der Waals surface area contributed by atoms with Crippen molar-refractivity contribution in [3.8, 4) is 0 Å². The molecule has 1 aliphatic heterocycles. The number of nitrogens with zero attached hydrogens (tertiary/aromatic N) is 2. The fourth-order valence-electron chi connectivity index (χ4n) is 2.98. The number of rotatable bonds is 4. The smallest absolute Gasteiger partial charge is 0.0951 e. The fourth-order valence-corrected chi connectivity index (χ4v) is 2.98. The highest BCUT2D eigenvalue weighted by Crippen LogP contribution is 2.26. The number of nitrogen functional groups attached to an aromatic ring is 1. The van der Waals surface area contributed by atoms with Gasteiger partial charge in [0.15, 0.2) is 0 Å². The van der Waals surface area contributed by atoms with E-state index in [4.69, 9.17) is 5.73 Å². The number of piperidine rings is 1. The van der Waals surface area contributed by atoms with Gasteiger partial charge < -0.3 is 16.0 Å². The number of aromatic nitrogens is 1. The van der Waals surface area contributed by atoms with Gasteiger partial charge in [-0.25, -0.2) is 0 Å². The van der Waals surface area contributed by atoms with Crippen LogP contribution in [0.15, 0.2) is 30.5 Å². The van der Waals surface area contributed by atoms with Crippen molar-refractivity contribution in [2.24, 2.45) is 5.92 Å². The molecule has 112 valence electrons. The maximum absolute atomic E-state index is 5.99. The third-order valence-corrected chi connectivity index (χ3v) is 4.42. The van der Waals surface area contributed by atoms with Gasteiger partial charge in [-0.05, 0) is 56.1 Å². The minimum Gasteiger partial charge on any atom is -0.397 e. The predicted octanol–water partition coefficient (Wildman–Crippen LogP) is 2.96. The Morgan fingerprint density at radius 2 is 2.10 bits per heavy atom. The SMILES string of the molecule is CC1CCN(CCNc2ccc(N)c3ncccc23)CC1. The highest BCUT2D eigenvalue weighted by atomic mass is 15.1. The molecule has 2 heterocycles. The van der Waals surface area contributed by atoms with Gasteiger partial charge in [-0.3, -0.25) is 4.98 Å². The molecule has 0 bridgehead atoms. The lowest BCUT2D eigenvalue weighted by Gasteiger charge is -2.30. The lowest BCUT2D eigenvalue weighted by molar-refractivity contribution is 0.199. The quantitative estimate of drug-likeness (QED) is 0.848. The van der Waals surface area contributed by atoms with E-state index in [-0.39, 0.29) is 0 Å². The number of hydrogen-bond donors (Lipinski definition) is 2. The zero-order valence-corrected chi connectivity index (χ0v) is 12.7. The zero-order valence-electron chi connectivity index (χ0n) is 12.7. The van der Waals surface area contributed by atoms with Crippen LogP contribution in [0.2, 0.25) is 0 Å². The summed E-state index contributed by atoms with van der Waals surface area (Å²) in [7, 11) is 0. The van der Waals surface area contributed by atoms with E-state index in [1.54, 1.807) is 6.20 Å². The van der Waals surface area contributed by atoms with Crippen molar-refractivity contribution in [1.29, 1.82) is 0 Å². The maximum atomic E-state index is 5.99. The van der Waals surface area contributed by atoms with E-state index in [0.29, 0.717) is 0 Å². The molecule has 0 amide bonds. The Morgan fingerprint density at radius 3 is 2.90 bits per heavy atom. The van der Waals surface area contributed by atoms with Gasteiger partial charge in [-0.1, -0.05) is 6.92 Å². The Bertz CT molecular complexity index is 603. The summed E-state index contributed by atoms with van der Waals surface area (Å²) in [5.41, 5.74) is 8.73. The normalized spacial score (nSPS) is 17.2. The summed E-state index contributed by atoms with van der Waals surface area (Å²) in [4.78, 5) is 6.92. The first kappa shape index (κ1) is 14.1. The topological polar surface area (TPSA) is 54.2 Å². The molecule has 3 N–H and O–H groups in total. The third kappa shape index (κ3) is 3.27. The summed E-state index contributed by atoms with van der Waals surface area (Å²) in [6, 6.07) is 8.01. The Hall–Kier alpha value is -1.81. The van der Waals surface area contributed by atoms with Crippen molar-refractivity contribution >= 4 is 22.3 Å². The van der Waals surface area contributed by atoms with E-state index in [1.165, 1.54) is 25.9 Å². The van der Waals surface area contributed by atoms with Crippen LogP contribution in [-0.2, 0) is 0 Å². The van der Waals surface area contributed by atoms with Gasteiger partial charge in [0.2, 0.25) is 0 Å². The van der Waals surface area contributed by atoms with E-state index in [1.807, 2.05) is 12.1 Å². The van der Waals surface area contributed by atoms with E-state index >= 15 is 0 Å². The van der Waals surface area contributed by atoms with Crippen molar-refractivity contribution in [1.82, 2.24) is 9.88 Å². The van der Waals surface area contributed by atoms with E-state index < -0.39 is 0 Å². The van der Waals surface area contributed by atoms with Crippen LogP contribution in [-0.4, -0.2) is 36.1 Å². The summed E-state index contributed by atoms with van der Waals surface area (Å²) < 4.78 is 0. The molecule has 0 spiro atoms. The Labute approximate surface area is 126 Å². The number of hydrogen-bond acceptors (Lipinski definition) is 4. The molecule has 1 aromatic heterocycles. The largest absolute Gasteiger partial charge is 0.397 e. The second-order valence-corrected chi connectivity index (χ2v) is 6.05. The van der Waals surface area contributed by atoms with Gasteiger partial charge in [0.05, 0.1) is 11.2 Å². The molecule has 0 saturated carbocycles. The number of likely N-dealkylation sites (tertiary alicyclic amines) is 1. The third-order valence-electron chi connectivity index (χ3n) is 4.42. The highest BCUT2D eigenvalue weighted by molar-refractivity contribution is 5.98. The van der Waals surface area contributed by atoms with Crippen LogP contribution in [0, 0.1) is 5.92 Å². The first-order valence-electron chi connectivity index (χ1n) is 7.83. The molecular formula is C17H24N4. The summed E-state index contributed by atoms with van der Waals surface area (Å²) in [5, 5.41) is 4.64. The molecule has 0 radical (unpaired) electrons. The number of benzene rings is 1. The van der Waals surface area contributed by atoms with Crippen LogP contribution >= 0.6 is 0 Å². The number of pyridine rings is 1. The predicted molar refractivity (Wildman–Crippen MR) is 89.5 cm³/mol. The van der Waals surface area contributed by atoms with Crippen molar-refractivity contribution < 1.29 is 0 Å². The first-order valence-corrected chi connectivity index (χ1v) is 7.83. The van der Waals surface area contributed by atoms with Gasteiger partial charge in [0.25, 0.3) is 0 Å². The molecule has 0 unspecified atom stereocenters. The van der Waals surface area contributed by atoms with Gasteiger partial charge >= 0.3 is 0 Å². The van der Waals surface area contributed by atoms with E-state index in [9.17, 15) is 0 Å². The molecular weight excluding hydrogens is 260 g/mol. The van der Waals surface area contributed by atoms with Crippen molar-refractivity contribution in [2.45, 2.75) is 19.8 Å². The summed E-state index contributed by atoms with van der Waals surface area (Å²) in [6.45, 7) is 6.87. The Morgan fingerprint density at radius 1 is 1.29 bits per heavy atom. The van der Waals surface area contributed by atoms with Gasteiger partial charge in [0, 0.05) is 30.4 Å². The minimum absolute atomic E-state index is 0.737. The average molecular weight is 284 g/mol. The number of nitrogens with one attached hydrogen (secondary N) is 1. The molecule has 4 heteroatoms. The minimum atomic E-state index is 0.737. The molecule has 1 saturated heterocycles. The van der Waals surface area contributed by atoms with Crippen molar-refractivity contribution in [2.75, 3.05) is 37.2 Å². The molecule has 4 nitrogen and oxygen atoms in total. The Kier molecular flexibility index (Phi) is 4.25. The van der Waals surface area contributed by atoms with Crippen LogP contribution in [0.1, 0.15) is 19.8 Å². The molecule has 1 aliphatic rings. The monoisotopic (exact) mass is 284 g/mol. The Balaban J connectivity index is 1.62. The van der Waals surface area contributed by atoms with Crippen LogP contribution in [0.3, 0.4) is 0 Å². The lowest BCUT2D eigenvalue weighted by atomic mass is 9.99. The summed E-state index contributed by atoms with van der Waals surface area (Å²) >= 11 is 0. The van der Waals surface area contributed by atoms with Gasteiger partial charge in [0.1, 0.15) is 0 Å². The van der Waals surface area contributed by atoms with Crippen LogP contribution < -0.4 is 11.1 Å². The van der Waals surface area contributed by atoms with Gasteiger partial charge in [-0.15, -0.1) is 0 Å². The van der Waals surface area contributed by atoms with Crippen molar-refractivity contribution in [3.05, 3.63) is 30.5 Å². The molecule has 0 atom stereocenters. The molecule has 2 aromatic rings. The fraction of sp³-hybridized carbons (Fsp3) is 0.471. The van der Waals surface area contributed by atoms with Crippen molar-refractivity contribution in [3.63, 3.8) is 0 Å². The van der Waals surface area contributed by atoms with Crippen LogP contribution in [0.4, 0.5) is 11.4 Å². The average Bonchev–Trinajstić information content (AvgIpc) is 2.52. The van der Waals surface area contributed by atoms with Crippen LogP contribution in [0.5, 0.6) is 0 Å². The maximum Gasteiger partial charge on any atom is 0.0951 e. The number of anilines is 2. The standard InChI is InChI=1S/C17H24N4/c1-13-6-10-21(11-7-13)12-9-19-16-5-4-15(18)17-14(16)3-2-8-20-17/h2-5,8,13,19H,6-7,9-12,18H2,1H3. The molecule has 21 heavy (non-hydrogen) atoms. The lowest BCUT2D eigenvalue weighted by Crippen LogP contribution is -2.36. The summed E-state index contributed by atoms with van der Waals surface area (Å²) in [6.07, 6.45) is 4.45. The molecule has 3 rings (SSSR count). The molecule has 0 aliphatic carbocycles. The number of fused-ring (bicyclic) bond motifs is 1. The second kappa shape index (κ2) is 6.31. The zero-order chi connectivity index (χ0) is 14.7. The van der Waals surface area contributed by atoms with E-state index in [2.05, 4.69) is 34.3 Å². The highest BCUT2D eigenvalue weighted by Gasteiger charge is 2.14. The second-order valence-electron chi connectivity index (χ2n) is 6.05. The van der Waals surface area contributed by atoms with E-state index in [0.717, 1.165) is 41.3 Å². The molecule has 1 aromatic carbocycles. The first-order chi connectivity index (χ1) is 10.2. The number of nitrogens with two attached hydrogens (primary N) is 1.